The first-order valence-electron chi connectivity index (χ1n) is 6.58. The molecule has 2 fully saturated rings. The Morgan fingerprint density at radius 2 is 2.11 bits per heavy atom. The van der Waals surface area contributed by atoms with Crippen LogP contribution >= 0.6 is 0 Å². The Morgan fingerprint density at radius 3 is 2.83 bits per heavy atom. The van der Waals surface area contributed by atoms with Crippen molar-refractivity contribution in [1.82, 2.24) is 0 Å². The van der Waals surface area contributed by atoms with E-state index in [9.17, 15) is 9.59 Å². The zero-order valence-corrected chi connectivity index (χ0v) is 10.9. The Bertz CT molecular complexity index is 500. The molecule has 0 aromatic heterocycles. The molecule has 3 rings (SSSR count). The van der Waals surface area contributed by atoms with E-state index < -0.39 is 5.41 Å². The molecule has 3 unspecified atom stereocenters. The second-order valence-electron chi connectivity index (χ2n) is 5.96. The molecule has 3 aliphatic rings. The van der Waals surface area contributed by atoms with Crippen molar-refractivity contribution in [1.29, 1.82) is 0 Å². The summed E-state index contributed by atoms with van der Waals surface area (Å²) >= 11 is 0. The van der Waals surface area contributed by atoms with Gasteiger partial charge in [-0.2, -0.15) is 0 Å². The Hall–Kier alpha value is -1.38. The van der Waals surface area contributed by atoms with Gasteiger partial charge in [0, 0.05) is 17.9 Å². The molecule has 0 amide bonds. The minimum atomic E-state index is -0.408. The van der Waals surface area contributed by atoms with Crippen LogP contribution in [-0.2, 0) is 14.3 Å². The largest absolute Gasteiger partial charge is 0.454 e. The Balaban J connectivity index is 2.14. The van der Waals surface area contributed by atoms with Crippen molar-refractivity contribution in [3.05, 3.63) is 23.3 Å². The molecule has 18 heavy (non-hydrogen) atoms. The SMILES string of the molecule is C=C1C(=O)OC2C3=C(C)CCCC3(C)C(=O)CC12. The van der Waals surface area contributed by atoms with Crippen LogP contribution in [0, 0.1) is 11.3 Å². The number of hydrogen-bond acceptors (Lipinski definition) is 3. The van der Waals surface area contributed by atoms with Crippen LogP contribution in [0.25, 0.3) is 0 Å². The van der Waals surface area contributed by atoms with Gasteiger partial charge < -0.3 is 4.74 Å². The predicted octanol–water partition coefficient (Wildman–Crippen LogP) is 2.56. The van der Waals surface area contributed by atoms with E-state index in [-0.39, 0.29) is 23.8 Å². The predicted molar refractivity (Wildman–Crippen MR) is 66.8 cm³/mol. The van der Waals surface area contributed by atoms with Gasteiger partial charge in [0.25, 0.3) is 0 Å². The topological polar surface area (TPSA) is 43.4 Å². The molecule has 3 heteroatoms. The number of fused-ring (bicyclic) bond motifs is 3. The van der Waals surface area contributed by atoms with Crippen molar-refractivity contribution in [3.8, 4) is 0 Å². The second kappa shape index (κ2) is 3.56. The van der Waals surface area contributed by atoms with E-state index >= 15 is 0 Å². The lowest BCUT2D eigenvalue weighted by molar-refractivity contribution is -0.141. The fourth-order valence-corrected chi connectivity index (χ4v) is 3.82. The second-order valence-corrected chi connectivity index (χ2v) is 5.96. The number of ketones is 1. The normalized spacial score (nSPS) is 39.6. The molecule has 1 heterocycles. The molecule has 0 aromatic carbocycles. The first-order chi connectivity index (χ1) is 8.45. The summed E-state index contributed by atoms with van der Waals surface area (Å²) in [7, 11) is 0. The molecule has 1 aliphatic heterocycles. The standard InChI is InChI=1S/C15H18O3/c1-8-5-4-6-15(3)11(16)7-10-9(2)14(17)18-13(10)12(8)15/h10,13H,2,4-7H2,1,3H3. The molecule has 1 saturated heterocycles. The van der Waals surface area contributed by atoms with Gasteiger partial charge in [0.2, 0.25) is 0 Å². The number of carbonyl (C=O) groups excluding carboxylic acids is 2. The summed E-state index contributed by atoms with van der Waals surface area (Å²) in [6, 6.07) is 0. The monoisotopic (exact) mass is 246 g/mol. The molecule has 2 aliphatic carbocycles. The zero-order valence-electron chi connectivity index (χ0n) is 10.9. The molecular weight excluding hydrogens is 228 g/mol. The summed E-state index contributed by atoms with van der Waals surface area (Å²) in [5.74, 6) is -0.203. The number of ether oxygens (including phenoxy) is 1. The molecule has 0 bridgehead atoms. The highest BCUT2D eigenvalue weighted by molar-refractivity contribution is 5.97. The van der Waals surface area contributed by atoms with Crippen LogP contribution in [0.4, 0.5) is 0 Å². The minimum Gasteiger partial charge on any atom is -0.454 e. The summed E-state index contributed by atoms with van der Waals surface area (Å²) < 4.78 is 5.48. The van der Waals surface area contributed by atoms with Gasteiger partial charge in [-0.05, 0) is 38.7 Å². The lowest BCUT2D eigenvalue weighted by atomic mass is 9.59. The lowest BCUT2D eigenvalue weighted by Crippen LogP contribution is -2.46. The summed E-state index contributed by atoms with van der Waals surface area (Å²) in [5, 5.41) is 0. The smallest absolute Gasteiger partial charge is 0.334 e. The van der Waals surface area contributed by atoms with Gasteiger partial charge in [0.15, 0.2) is 0 Å². The third-order valence-corrected chi connectivity index (χ3v) is 4.90. The molecule has 1 saturated carbocycles. The van der Waals surface area contributed by atoms with Gasteiger partial charge in [0.1, 0.15) is 11.9 Å². The summed E-state index contributed by atoms with van der Waals surface area (Å²) in [4.78, 5) is 24.1. The van der Waals surface area contributed by atoms with Crippen LogP contribution < -0.4 is 0 Å². The van der Waals surface area contributed by atoms with Gasteiger partial charge in [-0.25, -0.2) is 4.79 Å². The Labute approximate surface area is 107 Å². The van der Waals surface area contributed by atoms with Gasteiger partial charge in [-0.1, -0.05) is 12.2 Å². The van der Waals surface area contributed by atoms with E-state index in [4.69, 9.17) is 4.74 Å². The highest BCUT2D eigenvalue weighted by Crippen LogP contribution is 2.53. The van der Waals surface area contributed by atoms with Gasteiger partial charge in [-0.15, -0.1) is 0 Å². The number of hydrogen-bond donors (Lipinski definition) is 0. The number of carbonyl (C=O) groups is 2. The van der Waals surface area contributed by atoms with E-state index in [0.717, 1.165) is 24.8 Å². The molecule has 0 N–H and O–H groups in total. The van der Waals surface area contributed by atoms with E-state index in [2.05, 4.69) is 13.5 Å². The van der Waals surface area contributed by atoms with Crippen LogP contribution in [0.2, 0.25) is 0 Å². The highest BCUT2D eigenvalue weighted by Gasteiger charge is 2.55. The van der Waals surface area contributed by atoms with Crippen LogP contribution in [0.15, 0.2) is 23.3 Å². The van der Waals surface area contributed by atoms with Crippen molar-refractivity contribution >= 4 is 11.8 Å². The van der Waals surface area contributed by atoms with Crippen LogP contribution in [0.5, 0.6) is 0 Å². The van der Waals surface area contributed by atoms with Gasteiger partial charge in [-0.3, -0.25) is 4.79 Å². The van der Waals surface area contributed by atoms with Crippen molar-refractivity contribution in [2.45, 2.75) is 45.6 Å². The maximum Gasteiger partial charge on any atom is 0.334 e. The quantitative estimate of drug-likeness (QED) is 0.375. The van der Waals surface area contributed by atoms with Crippen molar-refractivity contribution < 1.29 is 14.3 Å². The zero-order chi connectivity index (χ0) is 13.1. The van der Waals surface area contributed by atoms with Crippen LogP contribution in [0.3, 0.4) is 0 Å². The van der Waals surface area contributed by atoms with E-state index in [1.54, 1.807) is 0 Å². The molecule has 0 spiro atoms. The third kappa shape index (κ3) is 1.30. The molecule has 96 valence electrons. The molecule has 0 aromatic rings. The summed E-state index contributed by atoms with van der Waals surface area (Å²) in [6.07, 6.45) is 3.11. The first kappa shape index (κ1) is 11.7. The van der Waals surface area contributed by atoms with Crippen LogP contribution in [-0.4, -0.2) is 17.9 Å². The summed E-state index contributed by atoms with van der Waals surface area (Å²) in [5.41, 5.74) is 2.37. The first-order valence-corrected chi connectivity index (χ1v) is 6.58. The summed E-state index contributed by atoms with van der Waals surface area (Å²) in [6.45, 7) is 7.87. The van der Waals surface area contributed by atoms with Crippen molar-refractivity contribution in [3.63, 3.8) is 0 Å². The molecule has 3 nitrogen and oxygen atoms in total. The molecule has 3 atom stereocenters. The Kier molecular flexibility index (Phi) is 2.31. The third-order valence-electron chi connectivity index (χ3n) is 4.90. The maximum absolute atomic E-state index is 12.4. The van der Waals surface area contributed by atoms with Crippen molar-refractivity contribution in [2.75, 3.05) is 0 Å². The maximum atomic E-state index is 12.4. The number of rotatable bonds is 0. The lowest BCUT2D eigenvalue weighted by Gasteiger charge is -2.44. The Morgan fingerprint density at radius 1 is 1.39 bits per heavy atom. The molecule has 0 radical (unpaired) electrons. The van der Waals surface area contributed by atoms with Gasteiger partial charge in [0.05, 0.1) is 5.41 Å². The average Bonchev–Trinajstić information content (AvgIpc) is 2.57. The van der Waals surface area contributed by atoms with Crippen molar-refractivity contribution in [2.24, 2.45) is 11.3 Å². The van der Waals surface area contributed by atoms with E-state index in [1.807, 2.05) is 6.92 Å². The number of esters is 1. The number of Topliss-reactive ketones (excluding diaryl/α,β-unsaturated/α-hetero) is 1. The van der Waals surface area contributed by atoms with Gasteiger partial charge >= 0.3 is 5.97 Å². The minimum absolute atomic E-state index is 0.124. The van der Waals surface area contributed by atoms with E-state index in [1.165, 1.54) is 5.57 Å². The fraction of sp³-hybridized carbons (Fsp3) is 0.600. The van der Waals surface area contributed by atoms with E-state index in [0.29, 0.717) is 12.0 Å². The van der Waals surface area contributed by atoms with Crippen LogP contribution in [0.1, 0.15) is 39.5 Å². The fourth-order valence-electron chi connectivity index (χ4n) is 3.82. The number of allylic oxidation sites excluding steroid dienone is 1. The average molecular weight is 246 g/mol. The molecular formula is C15H18O3. The highest BCUT2D eigenvalue weighted by atomic mass is 16.6.